The Balaban J connectivity index is 0. The molecule has 0 aliphatic heterocycles. The summed E-state index contributed by atoms with van der Waals surface area (Å²) in [6, 6.07) is 0. The molecule has 0 saturated heterocycles. The number of nitrogens with two attached hydrogens (primary N) is 1. The maximum absolute atomic E-state index is 10.3. The van der Waals surface area contributed by atoms with Gasteiger partial charge in [-0.15, -0.1) is 0 Å². The van der Waals surface area contributed by atoms with Crippen molar-refractivity contribution in [2.45, 2.75) is 26.7 Å². The summed E-state index contributed by atoms with van der Waals surface area (Å²) in [5.41, 5.74) is 5.41. The molecule has 0 saturated carbocycles. The van der Waals surface area contributed by atoms with Gasteiger partial charge in [-0.1, -0.05) is 13.8 Å². The van der Waals surface area contributed by atoms with E-state index in [4.69, 9.17) is 10.8 Å². The van der Waals surface area contributed by atoms with Gasteiger partial charge in [-0.05, 0) is 24.8 Å². The molecule has 0 radical (unpaired) electrons. The zero-order valence-electron chi connectivity index (χ0n) is 7.21. The van der Waals surface area contributed by atoms with E-state index in [0.29, 0.717) is 12.5 Å². The van der Waals surface area contributed by atoms with Gasteiger partial charge < -0.3 is 10.8 Å². The van der Waals surface area contributed by atoms with E-state index in [1.807, 2.05) is 0 Å². The molecule has 0 aliphatic rings. The molecule has 0 aromatic heterocycles. The van der Waals surface area contributed by atoms with Crippen molar-refractivity contribution in [2.75, 3.05) is 6.54 Å². The maximum atomic E-state index is 10.3. The van der Waals surface area contributed by atoms with Crippen LogP contribution in [0, 0.1) is 11.8 Å². The van der Waals surface area contributed by atoms with E-state index >= 15 is 0 Å². The third-order valence-corrected chi connectivity index (χ3v) is 1.60. The molecule has 68 valence electrons. The molecule has 0 spiro atoms. The number of carboxylic acids is 1. The van der Waals surface area contributed by atoms with Crippen LogP contribution in [0.25, 0.3) is 0 Å². The molecular weight excluding hydrogens is 181 g/mol. The third-order valence-electron chi connectivity index (χ3n) is 1.60. The van der Waals surface area contributed by atoms with Crippen LogP contribution in [-0.4, -0.2) is 69.0 Å². The van der Waals surface area contributed by atoms with E-state index < -0.39 is 5.97 Å². The second kappa shape index (κ2) is 8.66. The van der Waals surface area contributed by atoms with Crippen LogP contribution in [0.1, 0.15) is 26.7 Å². The van der Waals surface area contributed by atoms with Gasteiger partial charge in [0.25, 0.3) is 0 Å². The van der Waals surface area contributed by atoms with Crippen LogP contribution in [0.2, 0.25) is 0 Å². The Labute approximate surface area is 117 Å². The van der Waals surface area contributed by atoms with Crippen molar-refractivity contribution in [2.24, 2.45) is 17.6 Å². The molecule has 0 bridgehead atoms. The average molecular weight is 199 g/mol. The van der Waals surface area contributed by atoms with Gasteiger partial charge in [0.05, 0.1) is 0 Å². The van der Waals surface area contributed by atoms with Crippen LogP contribution < -0.4 is 5.73 Å². The minimum atomic E-state index is -0.749. The van der Waals surface area contributed by atoms with Crippen molar-refractivity contribution in [3.8, 4) is 0 Å². The molecule has 3 nitrogen and oxygen atoms in total. The summed E-state index contributed by atoms with van der Waals surface area (Å²) in [6.07, 6.45) is 1.11. The molecule has 12 heavy (non-hydrogen) atoms. The average Bonchev–Trinajstić information content (AvgIpc) is 1.84. The van der Waals surface area contributed by atoms with E-state index in [0.717, 1.165) is 6.42 Å². The van der Waals surface area contributed by atoms with Gasteiger partial charge in [0.1, 0.15) is 0 Å². The Kier molecular flexibility index (Phi) is 11.2. The van der Waals surface area contributed by atoms with E-state index in [-0.39, 0.29) is 63.7 Å². The van der Waals surface area contributed by atoms with Gasteiger partial charge >= 0.3 is 57.4 Å². The van der Waals surface area contributed by atoms with E-state index in [9.17, 15) is 4.79 Å². The molecule has 3 N–H and O–H groups in total. The monoisotopic (exact) mass is 199 g/mol. The first kappa shape index (κ1) is 15.5. The van der Waals surface area contributed by atoms with Gasteiger partial charge in [0, 0.05) is 6.42 Å². The number of carboxylic acid groups (broad SMARTS) is 1. The van der Waals surface area contributed by atoms with Gasteiger partial charge in [0.15, 0.2) is 0 Å². The molecular formula is C8H18KNO2. The second-order valence-electron chi connectivity index (χ2n) is 3.33. The van der Waals surface area contributed by atoms with Crippen molar-refractivity contribution in [3.63, 3.8) is 0 Å². The summed E-state index contributed by atoms with van der Waals surface area (Å²) in [5.74, 6) is -0.0727. The number of hydrogen-bond acceptors (Lipinski definition) is 2. The number of hydrogen-bond donors (Lipinski definition) is 2. The fourth-order valence-corrected chi connectivity index (χ4v) is 1.18. The Hall–Kier alpha value is 1.07. The van der Waals surface area contributed by atoms with Crippen LogP contribution in [0.3, 0.4) is 0 Å². The summed E-state index contributed by atoms with van der Waals surface area (Å²) >= 11 is 0. The zero-order valence-corrected chi connectivity index (χ0v) is 7.21. The molecule has 0 aromatic rings. The standard InChI is InChI=1S/C8H17NO2.K.H/c1-6(2)3-7(5-9)4-8(10)11;;/h6-7H,3-5,9H2,1-2H3,(H,10,11);;/t7-;;/m0../s1. The van der Waals surface area contributed by atoms with E-state index in [1.165, 1.54) is 0 Å². The van der Waals surface area contributed by atoms with E-state index in [2.05, 4.69) is 13.8 Å². The molecule has 1 atom stereocenters. The Bertz CT molecular complexity index is 128. The van der Waals surface area contributed by atoms with Gasteiger partial charge in [-0.25, -0.2) is 0 Å². The first-order valence-corrected chi connectivity index (χ1v) is 3.98. The zero-order chi connectivity index (χ0) is 8.85. The topological polar surface area (TPSA) is 63.3 Å². The van der Waals surface area contributed by atoms with Crippen LogP contribution >= 0.6 is 0 Å². The Morgan fingerprint density at radius 1 is 1.50 bits per heavy atom. The molecule has 0 aliphatic carbocycles. The predicted molar refractivity (Wildman–Crippen MR) is 51.4 cm³/mol. The van der Waals surface area contributed by atoms with Crippen LogP contribution in [0.15, 0.2) is 0 Å². The molecule has 4 heteroatoms. The molecule has 0 amide bonds. The van der Waals surface area contributed by atoms with Crippen LogP contribution in [-0.2, 0) is 4.79 Å². The summed E-state index contributed by atoms with van der Waals surface area (Å²) in [6.45, 7) is 4.62. The SMILES string of the molecule is CC(C)C[C@H](CN)CC(=O)O.[KH]. The van der Waals surface area contributed by atoms with Crippen molar-refractivity contribution in [1.82, 2.24) is 0 Å². The normalized spacial score (nSPS) is 12.3. The van der Waals surface area contributed by atoms with Crippen molar-refractivity contribution in [1.29, 1.82) is 0 Å². The fraction of sp³-hybridized carbons (Fsp3) is 0.875. The second-order valence-corrected chi connectivity index (χ2v) is 3.33. The quantitative estimate of drug-likeness (QED) is 0.631. The number of carbonyl (C=O) groups is 1. The Morgan fingerprint density at radius 2 is 2.00 bits per heavy atom. The van der Waals surface area contributed by atoms with Crippen molar-refractivity contribution in [3.05, 3.63) is 0 Å². The third kappa shape index (κ3) is 9.16. The first-order chi connectivity index (χ1) is 5.06. The summed E-state index contributed by atoms with van der Waals surface area (Å²) in [5, 5.41) is 8.47. The van der Waals surface area contributed by atoms with E-state index in [1.54, 1.807) is 0 Å². The van der Waals surface area contributed by atoms with Gasteiger partial charge in [0.2, 0.25) is 0 Å². The van der Waals surface area contributed by atoms with Gasteiger partial charge in [-0.3, -0.25) is 4.79 Å². The summed E-state index contributed by atoms with van der Waals surface area (Å²) in [4.78, 5) is 10.3. The molecule has 0 fully saturated rings. The Morgan fingerprint density at radius 3 is 2.25 bits per heavy atom. The van der Waals surface area contributed by atoms with Crippen molar-refractivity contribution < 1.29 is 9.90 Å². The number of rotatable bonds is 5. The summed E-state index contributed by atoms with van der Waals surface area (Å²) < 4.78 is 0. The molecule has 0 unspecified atom stereocenters. The predicted octanol–water partition coefficient (Wildman–Crippen LogP) is 0.434. The van der Waals surface area contributed by atoms with Crippen LogP contribution in [0.5, 0.6) is 0 Å². The molecule has 0 rings (SSSR count). The first-order valence-electron chi connectivity index (χ1n) is 3.98. The molecule has 0 heterocycles. The molecule has 0 aromatic carbocycles. The van der Waals surface area contributed by atoms with Crippen molar-refractivity contribution >= 4 is 57.4 Å². The summed E-state index contributed by atoms with van der Waals surface area (Å²) in [7, 11) is 0. The van der Waals surface area contributed by atoms with Crippen LogP contribution in [0.4, 0.5) is 0 Å². The minimum absolute atomic E-state index is 0. The fourth-order valence-electron chi connectivity index (χ4n) is 1.18. The van der Waals surface area contributed by atoms with Gasteiger partial charge in [-0.2, -0.15) is 0 Å². The number of aliphatic carboxylic acids is 1.